The SMILES string of the molecule is CCCCCCCCP.C[S+](C)[O-]. The van der Waals surface area contributed by atoms with Crippen molar-refractivity contribution in [3.8, 4) is 0 Å². The quantitative estimate of drug-likeness (QED) is 0.386. The van der Waals surface area contributed by atoms with E-state index in [1.807, 2.05) is 0 Å². The van der Waals surface area contributed by atoms with Crippen LogP contribution in [0.1, 0.15) is 45.4 Å². The van der Waals surface area contributed by atoms with Gasteiger partial charge in [0.05, 0.1) is 12.5 Å². The van der Waals surface area contributed by atoms with E-state index in [2.05, 4.69) is 16.2 Å². The maximum Gasteiger partial charge on any atom is 0.0946 e. The van der Waals surface area contributed by atoms with E-state index >= 15 is 0 Å². The number of hydrogen-bond acceptors (Lipinski definition) is 1. The predicted molar refractivity (Wildman–Crippen MR) is 67.9 cm³/mol. The fourth-order valence-corrected chi connectivity index (χ4v) is 1.21. The summed E-state index contributed by atoms with van der Waals surface area (Å²) in [5, 5.41) is 0. The Hall–Kier alpha value is 0.740. The molecular formula is C10H25OPS. The van der Waals surface area contributed by atoms with Gasteiger partial charge in [-0.2, -0.15) is 0 Å². The molecule has 0 aliphatic carbocycles. The zero-order valence-electron chi connectivity index (χ0n) is 9.34. The Morgan fingerprint density at radius 1 is 1.00 bits per heavy atom. The van der Waals surface area contributed by atoms with Crippen LogP contribution < -0.4 is 0 Å². The molecule has 0 bridgehead atoms. The molecule has 0 radical (unpaired) electrons. The van der Waals surface area contributed by atoms with Crippen LogP contribution in [0, 0.1) is 0 Å². The Morgan fingerprint density at radius 2 is 1.38 bits per heavy atom. The Bertz CT molecular complexity index is 70.6. The van der Waals surface area contributed by atoms with Crippen LogP contribution >= 0.6 is 9.24 Å². The second kappa shape index (κ2) is 15.2. The van der Waals surface area contributed by atoms with Crippen molar-refractivity contribution in [3.63, 3.8) is 0 Å². The van der Waals surface area contributed by atoms with Gasteiger partial charge >= 0.3 is 0 Å². The molecule has 0 spiro atoms. The van der Waals surface area contributed by atoms with Crippen molar-refractivity contribution >= 4 is 20.4 Å². The minimum absolute atomic E-state index is 0.611. The van der Waals surface area contributed by atoms with Gasteiger partial charge in [0.25, 0.3) is 0 Å². The second-order valence-corrected chi connectivity index (χ2v) is 5.36. The van der Waals surface area contributed by atoms with Crippen molar-refractivity contribution in [2.45, 2.75) is 45.4 Å². The molecule has 0 saturated carbocycles. The molecule has 0 aromatic heterocycles. The first-order valence-corrected chi connectivity index (χ1v) is 7.88. The third-order valence-corrected chi connectivity index (χ3v) is 1.97. The summed E-state index contributed by atoms with van der Waals surface area (Å²) in [4.78, 5) is 0. The third kappa shape index (κ3) is 32.3. The van der Waals surface area contributed by atoms with Crippen LogP contribution in [-0.2, 0) is 11.2 Å². The van der Waals surface area contributed by atoms with Crippen molar-refractivity contribution in [1.29, 1.82) is 0 Å². The molecule has 1 atom stereocenters. The van der Waals surface area contributed by atoms with E-state index in [1.54, 1.807) is 12.5 Å². The van der Waals surface area contributed by atoms with Gasteiger partial charge in [-0.1, -0.05) is 50.2 Å². The number of unbranched alkanes of at least 4 members (excludes halogenated alkanes) is 5. The maximum atomic E-state index is 9.56. The van der Waals surface area contributed by atoms with Gasteiger partial charge in [0.15, 0.2) is 0 Å². The van der Waals surface area contributed by atoms with Crippen LogP contribution in [0.3, 0.4) is 0 Å². The molecular weight excluding hydrogens is 199 g/mol. The number of rotatable bonds is 6. The fourth-order valence-electron chi connectivity index (χ4n) is 0.925. The smallest absolute Gasteiger partial charge is 0.0946 e. The molecule has 0 heterocycles. The lowest BCUT2D eigenvalue weighted by atomic mass is 10.1. The van der Waals surface area contributed by atoms with Crippen LogP contribution in [0.5, 0.6) is 0 Å². The molecule has 0 rings (SSSR count). The molecule has 82 valence electrons. The maximum absolute atomic E-state index is 9.56. The van der Waals surface area contributed by atoms with E-state index in [-0.39, 0.29) is 0 Å². The van der Waals surface area contributed by atoms with Gasteiger partial charge in [-0.15, -0.1) is 9.24 Å². The van der Waals surface area contributed by atoms with Crippen molar-refractivity contribution in [3.05, 3.63) is 0 Å². The Kier molecular flexibility index (Phi) is 18.9. The summed E-state index contributed by atoms with van der Waals surface area (Å²) in [7, 11) is 2.78. The average molecular weight is 224 g/mol. The van der Waals surface area contributed by atoms with E-state index in [0.717, 1.165) is 0 Å². The van der Waals surface area contributed by atoms with Crippen molar-refractivity contribution < 1.29 is 4.55 Å². The highest BCUT2D eigenvalue weighted by Crippen LogP contribution is 2.05. The molecule has 0 N–H and O–H groups in total. The van der Waals surface area contributed by atoms with Crippen LogP contribution in [0.15, 0.2) is 0 Å². The number of hydrogen-bond donors (Lipinski definition) is 0. The zero-order chi connectivity index (χ0) is 10.5. The molecule has 13 heavy (non-hydrogen) atoms. The van der Waals surface area contributed by atoms with Gasteiger partial charge < -0.3 is 4.55 Å². The summed E-state index contributed by atoms with van der Waals surface area (Å²) in [5.41, 5.74) is 0. The molecule has 1 unspecified atom stereocenters. The predicted octanol–water partition coefficient (Wildman–Crippen LogP) is 3.22. The minimum Gasteiger partial charge on any atom is -0.617 e. The Morgan fingerprint density at radius 3 is 1.77 bits per heavy atom. The van der Waals surface area contributed by atoms with Gasteiger partial charge in [0.2, 0.25) is 0 Å². The zero-order valence-corrected chi connectivity index (χ0v) is 11.3. The summed E-state index contributed by atoms with van der Waals surface area (Å²) < 4.78 is 9.56. The molecule has 0 aliphatic rings. The first-order valence-electron chi connectivity index (χ1n) is 5.10. The lowest BCUT2D eigenvalue weighted by Gasteiger charge is -1.96. The highest BCUT2D eigenvalue weighted by atomic mass is 32.2. The van der Waals surface area contributed by atoms with Gasteiger partial charge in [0.1, 0.15) is 0 Å². The fraction of sp³-hybridized carbons (Fsp3) is 1.00. The van der Waals surface area contributed by atoms with Crippen molar-refractivity contribution in [2.75, 3.05) is 18.7 Å². The van der Waals surface area contributed by atoms with Crippen molar-refractivity contribution in [2.24, 2.45) is 0 Å². The van der Waals surface area contributed by atoms with Crippen LogP contribution in [0.25, 0.3) is 0 Å². The van der Waals surface area contributed by atoms with E-state index in [0.29, 0.717) is 0 Å². The highest BCUT2D eigenvalue weighted by Gasteiger charge is 1.85. The van der Waals surface area contributed by atoms with Crippen LogP contribution in [0.2, 0.25) is 0 Å². The topological polar surface area (TPSA) is 23.1 Å². The van der Waals surface area contributed by atoms with Gasteiger partial charge in [-0.05, 0) is 12.6 Å². The first kappa shape index (κ1) is 16.2. The van der Waals surface area contributed by atoms with Gasteiger partial charge in [0, 0.05) is 0 Å². The van der Waals surface area contributed by atoms with E-state index in [1.165, 1.54) is 44.7 Å². The molecule has 0 fully saturated rings. The monoisotopic (exact) mass is 224 g/mol. The lowest BCUT2D eigenvalue weighted by molar-refractivity contribution is 0.606. The summed E-state index contributed by atoms with van der Waals surface area (Å²) in [6.45, 7) is 2.26. The van der Waals surface area contributed by atoms with Gasteiger partial charge in [-0.3, -0.25) is 0 Å². The summed E-state index contributed by atoms with van der Waals surface area (Å²) in [6, 6.07) is 0. The third-order valence-electron chi connectivity index (χ3n) is 1.56. The Balaban J connectivity index is 0. The van der Waals surface area contributed by atoms with Crippen LogP contribution in [0.4, 0.5) is 0 Å². The molecule has 0 saturated heterocycles. The first-order chi connectivity index (χ1) is 6.15. The largest absolute Gasteiger partial charge is 0.617 e. The molecule has 0 aromatic carbocycles. The summed E-state index contributed by atoms with van der Waals surface area (Å²) >= 11 is -0.611. The normalized spacial score (nSPS) is 9.69. The summed E-state index contributed by atoms with van der Waals surface area (Å²) in [5.74, 6) is 0. The molecule has 3 heteroatoms. The lowest BCUT2D eigenvalue weighted by Crippen LogP contribution is -1.86. The Labute approximate surface area is 89.5 Å². The molecule has 0 amide bonds. The highest BCUT2D eigenvalue weighted by molar-refractivity contribution is 7.89. The minimum atomic E-state index is -0.611. The average Bonchev–Trinajstić information content (AvgIpc) is 2.03. The molecule has 1 nitrogen and oxygen atoms in total. The van der Waals surface area contributed by atoms with E-state index < -0.39 is 11.2 Å². The van der Waals surface area contributed by atoms with Crippen LogP contribution in [-0.4, -0.2) is 23.2 Å². The molecule has 0 aliphatic heterocycles. The molecule has 0 aromatic rings. The summed E-state index contributed by atoms with van der Waals surface area (Å²) in [6.07, 6.45) is 13.1. The van der Waals surface area contributed by atoms with E-state index in [9.17, 15) is 4.55 Å². The standard InChI is InChI=1S/C8H19P.C2H6OS/c1-2-3-4-5-6-7-8-9;1-4(2)3/h2-9H2,1H3;1-2H3. The van der Waals surface area contributed by atoms with Gasteiger partial charge in [-0.25, -0.2) is 0 Å². The van der Waals surface area contributed by atoms with Crippen molar-refractivity contribution in [1.82, 2.24) is 0 Å². The second-order valence-electron chi connectivity index (χ2n) is 3.30. The van der Waals surface area contributed by atoms with E-state index in [4.69, 9.17) is 0 Å².